The van der Waals surface area contributed by atoms with Gasteiger partial charge in [-0.25, -0.2) is 4.79 Å². The SMILES string of the molecule is Cc1cc(C)c(NC(=O)COC(=O)/C=C/c2ccco2)c(Cl)c1. The molecule has 0 spiro atoms. The van der Waals surface area contributed by atoms with Gasteiger partial charge >= 0.3 is 5.97 Å². The first-order chi connectivity index (χ1) is 11.0. The first kappa shape index (κ1) is 16.8. The van der Waals surface area contributed by atoms with E-state index in [1.54, 1.807) is 18.2 Å². The number of rotatable bonds is 5. The Kier molecular flexibility index (Phi) is 5.60. The summed E-state index contributed by atoms with van der Waals surface area (Å²) in [6.45, 7) is 3.36. The zero-order valence-corrected chi connectivity index (χ0v) is 13.5. The molecular weight excluding hydrogens is 318 g/mol. The van der Waals surface area contributed by atoms with Crippen LogP contribution in [-0.2, 0) is 14.3 Å². The smallest absolute Gasteiger partial charge is 0.331 e. The van der Waals surface area contributed by atoms with E-state index in [1.165, 1.54) is 18.4 Å². The topological polar surface area (TPSA) is 68.5 Å². The van der Waals surface area contributed by atoms with E-state index in [0.29, 0.717) is 16.5 Å². The van der Waals surface area contributed by atoms with Gasteiger partial charge in [-0.3, -0.25) is 4.79 Å². The number of furan rings is 1. The molecule has 0 unspecified atom stereocenters. The van der Waals surface area contributed by atoms with E-state index < -0.39 is 18.5 Å². The molecule has 1 aromatic carbocycles. The summed E-state index contributed by atoms with van der Waals surface area (Å²) in [5, 5.41) is 3.08. The summed E-state index contributed by atoms with van der Waals surface area (Å²) in [7, 11) is 0. The Bertz CT molecular complexity index is 712. The molecule has 23 heavy (non-hydrogen) atoms. The van der Waals surface area contributed by atoms with Gasteiger partial charge in [0.1, 0.15) is 5.76 Å². The zero-order valence-electron chi connectivity index (χ0n) is 12.8. The highest BCUT2D eigenvalue weighted by Crippen LogP contribution is 2.27. The summed E-state index contributed by atoms with van der Waals surface area (Å²) in [6.07, 6.45) is 4.14. The zero-order chi connectivity index (χ0) is 16.8. The summed E-state index contributed by atoms with van der Waals surface area (Å²) >= 11 is 6.10. The number of amides is 1. The minimum absolute atomic E-state index is 0.398. The summed E-state index contributed by atoms with van der Waals surface area (Å²) in [4.78, 5) is 23.4. The lowest BCUT2D eigenvalue weighted by Gasteiger charge is -2.11. The number of carbonyl (C=O) groups is 2. The molecule has 0 radical (unpaired) electrons. The lowest BCUT2D eigenvalue weighted by atomic mass is 10.1. The molecule has 1 aromatic heterocycles. The van der Waals surface area contributed by atoms with Gasteiger partial charge in [0, 0.05) is 6.08 Å². The van der Waals surface area contributed by atoms with Gasteiger partial charge in [0.05, 0.1) is 17.0 Å². The van der Waals surface area contributed by atoms with E-state index in [-0.39, 0.29) is 0 Å². The van der Waals surface area contributed by atoms with Gasteiger partial charge < -0.3 is 14.5 Å². The maximum Gasteiger partial charge on any atom is 0.331 e. The van der Waals surface area contributed by atoms with Gasteiger partial charge in [-0.15, -0.1) is 0 Å². The molecule has 120 valence electrons. The Morgan fingerprint density at radius 2 is 2.13 bits per heavy atom. The van der Waals surface area contributed by atoms with Crippen LogP contribution in [0, 0.1) is 13.8 Å². The van der Waals surface area contributed by atoms with Gasteiger partial charge in [-0.05, 0) is 49.2 Å². The fourth-order valence-corrected chi connectivity index (χ4v) is 2.34. The molecule has 0 saturated carbocycles. The van der Waals surface area contributed by atoms with Crippen LogP contribution in [0.25, 0.3) is 6.08 Å². The van der Waals surface area contributed by atoms with E-state index in [4.69, 9.17) is 20.8 Å². The maximum absolute atomic E-state index is 11.8. The van der Waals surface area contributed by atoms with Crippen LogP contribution in [-0.4, -0.2) is 18.5 Å². The van der Waals surface area contributed by atoms with Crippen molar-refractivity contribution in [2.75, 3.05) is 11.9 Å². The van der Waals surface area contributed by atoms with Crippen LogP contribution in [0.3, 0.4) is 0 Å². The molecule has 1 N–H and O–H groups in total. The second kappa shape index (κ2) is 7.65. The molecule has 0 fully saturated rings. The van der Waals surface area contributed by atoms with Crippen LogP contribution >= 0.6 is 11.6 Å². The molecule has 5 nitrogen and oxygen atoms in total. The standard InChI is InChI=1S/C17H16ClNO4/c1-11-8-12(2)17(14(18)9-11)19-15(20)10-23-16(21)6-5-13-4-3-7-22-13/h3-9H,10H2,1-2H3,(H,19,20)/b6-5+. The Morgan fingerprint density at radius 3 is 2.78 bits per heavy atom. The lowest BCUT2D eigenvalue weighted by molar-refractivity contribution is -0.142. The van der Waals surface area contributed by atoms with Gasteiger partial charge in [0.2, 0.25) is 0 Å². The molecule has 0 aliphatic rings. The monoisotopic (exact) mass is 333 g/mol. The predicted molar refractivity (Wildman–Crippen MR) is 88.3 cm³/mol. The highest BCUT2D eigenvalue weighted by molar-refractivity contribution is 6.34. The molecule has 1 amide bonds. The van der Waals surface area contributed by atoms with Crippen LogP contribution in [0.2, 0.25) is 5.02 Å². The molecule has 2 rings (SSSR count). The minimum atomic E-state index is -0.636. The minimum Gasteiger partial charge on any atom is -0.465 e. The number of esters is 1. The first-order valence-corrected chi connectivity index (χ1v) is 7.28. The van der Waals surface area contributed by atoms with Crippen molar-refractivity contribution in [3.8, 4) is 0 Å². The van der Waals surface area contributed by atoms with Crippen molar-refractivity contribution in [2.24, 2.45) is 0 Å². The number of halogens is 1. The first-order valence-electron chi connectivity index (χ1n) is 6.90. The summed E-state index contributed by atoms with van der Waals surface area (Å²) < 4.78 is 9.89. The van der Waals surface area contributed by atoms with Crippen molar-refractivity contribution in [2.45, 2.75) is 13.8 Å². The second-order valence-corrected chi connectivity index (χ2v) is 5.35. The quantitative estimate of drug-likeness (QED) is 0.668. The molecule has 1 heterocycles. The number of carbonyl (C=O) groups excluding carboxylic acids is 2. The number of nitrogens with one attached hydrogen (secondary N) is 1. The Balaban J connectivity index is 1.87. The van der Waals surface area contributed by atoms with E-state index in [2.05, 4.69) is 5.32 Å². The highest BCUT2D eigenvalue weighted by Gasteiger charge is 2.11. The molecule has 0 aliphatic heterocycles. The average Bonchev–Trinajstić information content (AvgIpc) is 3.00. The molecule has 6 heteroatoms. The van der Waals surface area contributed by atoms with E-state index in [1.807, 2.05) is 19.9 Å². The number of ether oxygens (including phenoxy) is 1. The van der Waals surface area contributed by atoms with Crippen molar-refractivity contribution in [1.82, 2.24) is 0 Å². The van der Waals surface area contributed by atoms with Gasteiger partial charge in [-0.1, -0.05) is 17.7 Å². The molecule has 0 atom stereocenters. The normalized spacial score (nSPS) is 10.7. The molecule has 0 aliphatic carbocycles. The van der Waals surface area contributed by atoms with E-state index in [0.717, 1.165) is 11.1 Å². The van der Waals surface area contributed by atoms with Crippen molar-refractivity contribution in [3.05, 3.63) is 58.5 Å². The highest BCUT2D eigenvalue weighted by atomic mass is 35.5. The number of anilines is 1. The van der Waals surface area contributed by atoms with Crippen LogP contribution in [0.5, 0.6) is 0 Å². The van der Waals surface area contributed by atoms with Crippen LogP contribution < -0.4 is 5.32 Å². The van der Waals surface area contributed by atoms with Crippen molar-refractivity contribution >= 4 is 35.2 Å². The molecule has 2 aromatic rings. The maximum atomic E-state index is 11.8. The fourth-order valence-electron chi connectivity index (χ4n) is 1.97. The number of hydrogen-bond acceptors (Lipinski definition) is 4. The van der Waals surface area contributed by atoms with Crippen molar-refractivity contribution < 1.29 is 18.7 Å². The van der Waals surface area contributed by atoms with Crippen LogP contribution in [0.15, 0.2) is 41.0 Å². The Morgan fingerprint density at radius 1 is 1.35 bits per heavy atom. The summed E-state index contributed by atoms with van der Waals surface area (Å²) in [5.41, 5.74) is 2.36. The average molecular weight is 334 g/mol. The van der Waals surface area contributed by atoms with Crippen LogP contribution in [0.4, 0.5) is 5.69 Å². The van der Waals surface area contributed by atoms with Crippen molar-refractivity contribution in [3.63, 3.8) is 0 Å². The largest absolute Gasteiger partial charge is 0.465 e. The third-order valence-corrected chi connectivity index (χ3v) is 3.27. The predicted octanol–water partition coefficient (Wildman–Crippen LogP) is 3.74. The van der Waals surface area contributed by atoms with E-state index >= 15 is 0 Å². The lowest BCUT2D eigenvalue weighted by Crippen LogP contribution is -2.20. The van der Waals surface area contributed by atoms with Gasteiger partial charge in [0.15, 0.2) is 6.61 Å². The molecular formula is C17H16ClNO4. The second-order valence-electron chi connectivity index (χ2n) is 4.94. The van der Waals surface area contributed by atoms with Gasteiger partial charge in [0.25, 0.3) is 5.91 Å². The molecule has 0 saturated heterocycles. The van der Waals surface area contributed by atoms with Crippen molar-refractivity contribution in [1.29, 1.82) is 0 Å². The third-order valence-electron chi connectivity index (χ3n) is 2.97. The van der Waals surface area contributed by atoms with E-state index in [9.17, 15) is 9.59 Å². The Labute approximate surface area is 138 Å². The summed E-state index contributed by atoms with van der Waals surface area (Å²) in [5.74, 6) is -0.574. The number of benzene rings is 1. The fraction of sp³-hybridized carbons (Fsp3) is 0.176. The summed E-state index contributed by atoms with van der Waals surface area (Å²) in [6, 6.07) is 7.05. The molecule has 0 bridgehead atoms. The van der Waals surface area contributed by atoms with Gasteiger partial charge in [-0.2, -0.15) is 0 Å². The van der Waals surface area contributed by atoms with Crippen LogP contribution in [0.1, 0.15) is 16.9 Å². The number of hydrogen-bond donors (Lipinski definition) is 1. The number of aryl methyl sites for hydroxylation is 2. The third kappa shape index (κ3) is 5.00. The Hall–Kier alpha value is -2.53.